The van der Waals surface area contributed by atoms with Crippen molar-refractivity contribution in [3.05, 3.63) is 63.4 Å². The lowest BCUT2D eigenvalue weighted by Crippen LogP contribution is -2.49. The number of amides is 2. The number of ether oxygens (including phenoxy) is 1. The second kappa shape index (κ2) is 15.0. The van der Waals surface area contributed by atoms with Crippen LogP contribution >= 0.6 is 23.2 Å². The molecule has 4 rings (SSSR count). The zero-order valence-corrected chi connectivity index (χ0v) is 27.3. The normalized spacial score (nSPS) is 25.9. The summed E-state index contributed by atoms with van der Waals surface area (Å²) in [6, 6.07) is 9.21. The highest BCUT2D eigenvalue weighted by molar-refractivity contribution is 6.31. The van der Waals surface area contributed by atoms with Gasteiger partial charge in [-0.05, 0) is 81.2 Å². The Bertz CT molecular complexity index is 1210. The molecule has 2 fully saturated rings. The molecule has 42 heavy (non-hydrogen) atoms. The molecule has 2 unspecified atom stereocenters. The van der Waals surface area contributed by atoms with Crippen molar-refractivity contribution >= 4 is 41.2 Å². The van der Waals surface area contributed by atoms with Crippen molar-refractivity contribution in [2.75, 3.05) is 5.32 Å². The maximum atomic E-state index is 15.4. The molecule has 4 atom stereocenters. The minimum Gasteiger partial charge on any atom is -0.376 e. The molecule has 0 bridgehead atoms. The molecule has 0 aromatic heterocycles. The Kier molecular flexibility index (Phi) is 12.3. The molecule has 2 aliphatic rings. The Morgan fingerprint density at radius 3 is 2.29 bits per heavy atom. The van der Waals surface area contributed by atoms with Crippen LogP contribution < -0.4 is 16.0 Å². The van der Waals surface area contributed by atoms with E-state index in [9.17, 15) is 9.59 Å². The van der Waals surface area contributed by atoms with Crippen molar-refractivity contribution in [2.45, 2.75) is 116 Å². The van der Waals surface area contributed by atoms with Crippen molar-refractivity contribution in [2.24, 2.45) is 5.41 Å². The van der Waals surface area contributed by atoms with E-state index in [1.807, 2.05) is 26.8 Å². The molecule has 2 amide bonds. The molecule has 9 heteroatoms. The van der Waals surface area contributed by atoms with Crippen LogP contribution in [0.5, 0.6) is 0 Å². The van der Waals surface area contributed by atoms with E-state index in [4.69, 9.17) is 27.9 Å². The number of benzene rings is 2. The van der Waals surface area contributed by atoms with E-state index >= 15 is 4.39 Å². The maximum Gasteiger partial charge on any atom is 0.238 e. The zero-order chi connectivity index (χ0) is 31.2. The topological polar surface area (TPSA) is 79.5 Å². The molecule has 0 radical (unpaired) electrons. The largest absolute Gasteiger partial charge is 0.376 e. The summed E-state index contributed by atoms with van der Waals surface area (Å²) < 4.78 is 21.4. The van der Waals surface area contributed by atoms with Crippen LogP contribution in [0, 0.1) is 11.2 Å². The van der Waals surface area contributed by atoms with Gasteiger partial charge in [0.15, 0.2) is 0 Å². The first-order chi connectivity index (χ1) is 19.7. The second-order valence-corrected chi connectivity index (χ2v) is 14.1. The summed E-state index contributed by atoms with van der Waals surface area (Å²) >= 11 is 12.4. The van der Waals surface area contributed by atoms with E-state index in [1.165, 1.54) is 6.07 Å². The quantitative estimate of drug-likeness (QED) is 0.262. The molecular weight excluding hydrogens is 576 g/mol. The van der Waals surface area contributed by atoms with Crippen LogP contribution in [0.1, 0.15) is 97.1 Å². The van der Waals surface area contributed by atoms with E-state index < -0.39 is 17.8 Å². The van der Waals surface area contributed by atoms with E-state index in [2.05, 4.69) is 43.6 Å². The van der Waals surface area contributed by atoms with Gasteiger partial charge in [0.2, 0.25) is 12.3 Å². The molecule has 2 aromatic rings. The molecule has 232 valence electrons. The third-order valence-corrected chi connectivity index (χ3v) is 7.95. The van der Waals surface area contributed by atoms with E-state index in [0.717, 1.165) is 31.2 Å². The van der Waals surface area contributed by atoms with Crippen LogP contribution in [-0.4, -0.2) is 42.7 Å². The number of rotatable bonds is 8. The minimum absolute atomic E-state index is 0.000724. The summed E-state index contributed by atoms with van der Waals surface area (Å²) in [5.74, 6) is -1.62. The fourth-order valence-electron chi connectivity index (χ4n) is 5.89. The fourth-order valence-corrected chi connectivity index (χ4v) is 6.24. The van der Waals surface area contributed by atoms with Crippen LogP contribution in [0.4, 0.5) is 10.1 Å². The SMILES string of the molecule is CC(C)(C)C.CC(C)OC1CCC(NC(=O)C2N[C@@H](C)C(c3ccc(Cl)cc3NC=O)[C@H]2c2cccc(Cl)c2F)CC1. The van der Waals surface area contributed by atoms with Gasteiger partial charge in [-0.1, -0.05) is 69.1 Å². The number of nitrogens with one attached hydrogen (secondary N) is 3. The lowest BCUT2D eigenvalue weighted by molar-refractivity contribution is -0.124. The predicted molar refractivity (Wildman–Crippen MR) is 170 cm³/mol. The molecule has 1 saturated carbocycles. The van der Waals surface area contributed by atoms with Gasteiger partial charge < -0.3 is 20.7 Å². The highest BCUT2D eigenvalue weighted by Crippen LogP contribution is 2.47. The van der Waals surface area contributed by atoms with Gasteiger partial charge in [-0.2, -0.15) is 0 Å². The number of halogens is 3. The number of carbonyl (C=O) groups is 2. The van der Waals surface area contributed by atoms with Gasteiger partial charge in [-0.25, -0.2) is 4.39 Å². The minimum atomic E-state index is -0.697. The first kappa shape index (κ1) is 34.3. The van der Waals surface area contributed by atoms with Crippen molar-refractivity contribution < 1.29 is 18.7 Å². The van der Waals surface area contributed by atoms with Crippen LogP contribution in [0.25, 0.3) is 0 Å². The monoisotopic (exact) mass is 621 g/mol. The Morgan fingerprint density at radius 2 is 1.69 bits per heavy atom. The molecule has 0 spiro atoms. The summed E-state index contributed by atoms with van der Waals surface area (Å²) in [4.78, 5) is 25.0. The van der Waals surface area contributed by atoms with Gasteiger partial charge in [0, 0.05) is 34.6 Å². The van der Waals surface area contributed by atoms with E-state index in [1.54, 1.807) is 24.3 Å². The average molecular weight is 623 g/mol. The van der Waals surface area contributed by atoms with Gasteiger partial charge in [-0.15, -0.1) is 0 Å². The average Bonchev–Trinajstić information content (AvgIpc) is 3.22. The molecule has 1 aliphatic heterocycles. The fraction of sp³-hybridized carbons (Fsp3) is 0.576. The van der Waals surface area contributed by atoms with Gasteiger partial charge in [0.25, 0.3) is 0 Å². The number of hydrogen-bond acceptors (Lipinski definition) is 4. The lowest BCUT2D eigenvalue weighted by Gasteiger charge is -2.32. The van der Waals surface area contributed by atoms with E-state index in [-0.39, 0.29) is 41.1 Å². The predicted octanol–water partition coefficient (Wildman–Crippen LogP) is 7.83. The van der Waals surface area contributed by atoms with Crippen LogP contribution in [0.15, 0.2) is 36.4 Å². The first-order valence-electron chi connectivity index (χ1n) is 14.8. The molecule has 1 heterocycles. The number of anilines is 1. The van der Waals surface area contributed by atoms with Crippen LogP contribution in [-0.2, 0) is 14.3 Å². The van der Waals surface area contributed by atoms with E-state index in [0.29, 0.717) is 28.1 Å². The second-order valence-electron chi connectivity index (χ2n) is 13.3. The molecular formula is C33H46Cl2FN3O3. The standard InChI is InChI=1S/C28H34Cl2FN3O3.C5H12/c1-15(2)37-19-10-8-18(9-11-19)34-28(36)27-25(21-5-4-6-22(30)26(21)31)24(16(3)33-27)20-12-7-17(29)13-23(20)32-14-35;1-5(2,3)4/h4-7,12-16,18-19,24-25,27,33H,8-11H2,1-3H3,(H,32,35)(H,34,36);1-4H3/t16-,18?,19?,24?,25+,27?;/m0./s1. The van der Waals surface area contributed by atoms with Crippen LogP contribution in [0.3, 0.4) is 0 Å². The van der Waals surface area contributed by atoms with Crippen LogP contribution in [0.2, 0.25) is 10.0 Å². The maximum absolute atomic E-state index is 15.4. The van der Waals surface area contributed by atoms with Gasteiger partial charge in [0.05, 0.1) is 23.3 Å². The van der Waals surface area contributed by atoms with Gasteiger partial charge in [0.1, 0.15) is 5.82 Å². The summed E-state index contributed by atoms with van der Waals surface area (Å²) in [5.41, 5.74) is 2.15. The molecule has 6 nitrogen and oxygen atoms in total. The van der Waals surface area contributed by atoms with Gasteiger partial charge in [-0.3, -0.25) is 9.59 Å². The lowest BCUT2D eigenvalue weighted by atomic mass is 9.77. The Labute approximate surface area is 260 Å². The Balaban J connectivity index is 0.000000892. The third-order valence-electron chi connectivity index (χ3n) is 7.42. The van der Waals surface area contributed by atoms with Crippen molar-refractivity contribution in [1.82, 2.24) is 10.6 Å². The van der Waals surface area contributed by atoms with Crippen molar-refractivity contribution in [1.29, 1.82) is 0 Å². The van der Waals surface area contributed by atoms with Crippen molar-refractivity contribution in [3.8, 4) is 0 Å². The molecule has 3 N–H and O–H groups in total. The molecule has 2 aromatic carbocycles. The molecule has 1 saturated heterocycles. The molecule has 1 aliphatic carbocycles. The summed E-state index contributed by atoms with van der Waals surface area (Å²) in [5, 5.41) is 9.79. The zero-order valence-electron chi connectivity index (χ0n) is 25.8. The highest BCUT2D eigenvalue weighted by atomic mass is 35.5. The number of hydrogen-bond donors (Lipinski definition) is 3. The summed E-state index contributed by atoms with van der Waals surface area (Å²) in [7, 11) is 0. The number of carbonyl (C=O) groups excluding carboxylic acids is 2. The summed E-state index contributed by atoms with van der Waals surface area (Å²) in [6.45, 7) is 14.8. The third kappa shape index (κ3) is 9.40. The smallest absolute Gasteiger partial charge is 0.238 e. The highest BCUT2D eigenvalue weighted by Gasteiger charge is 2.48. The van der Waals surface area contributed by atoms with Gasteiger partial charge >= 0.3 is 0 Å². The van der Waals surface area contributed by atoms with Crippen molar-refractivity contribution in [3.63, 3.8) is 0 Å². The Hall–Kier alpha value is -2.19. The summed E-state index contributed by atoms with van der Waals surface area (Å²) in [6.07, 6.45) is 4.41. The Morgan fingerprint density at radius 1 is 1.05 bits per heavy atom. The first-order valence-corrected chi connectivity index (χ1v) is 15.6.